The Bertz CT molecular complexity index is 1050. The van der Waals surface area contributed by atoms with Gasteiger partial charge in [-0.1, -0.05) is 26.0 Å². The lowest BCUT2D eigenvalue weighted by Crippen LogP contribution is -2.18. The summed E-state index contributed by atoms with van der Waals surface area (Å²) in [5.74, 6) is 0.777. The number of hydrogen-bond acceptors (Lipinski definition) is 6. The second-order valence-electron chi connectivity index (χ2n) is 8.17. The van der Waals surface area contributed by atoms with Crippen molar-refractivity contribution >= 4 is 16.2 Å². The molecule has 0 aromatic heterocycles. The molecule has 0 fully saturated rings. The molecule has 0 aliphatic carbocycles. The fraction of sp³-hybridized carbons (Fsp3) is 0.409. The van der Waals surface area contributed by atoms with Gasteiger partial charge in [0.05, 0.1) is 5.75 Å². The van der Waals surface area contributed by atoms with E-state index in [9.17, 15) is 17.8 Å². The lowest BCUT2D eigenvalue weighted by molar-refractivity contribution is 0.210. The van der Waals surface area contributed by atoms with E-state index in [1.54, 1.807) is 6.07 Å². The zero-order chi connectivity index (χ0) is 22.6. The summed E-state index contributed by atoms with van der Waals surface area (Å²) in [6.45, 7) is 5.94. The molecule has 1 unspecified atom stereocenters. The summed E-state index contributed by atoms with van der Waals surface area (Å²) >= 11 is 0. The molecule has 168 valence electrons. The smallest absolute Gasteiger partial charge is 0.409 e. The van der Waals surface area contributed by atoms with Gasteiger partial charge >= 0.3 is 6.09 Å². The second-order valence-corrected chi connectivity index (χ2v) is 9.67. The highest BCUT2D eigenvalue weighted by Gasteiger charge is 2.28. The number of hydrogen-bond donors (Lipinski definition) is 3. The Kier molecular flexibility index (Phi) is 7.19. The molecule has 0 bridgehead atoms. The van der Waals surface area contributed by atoms with E-state index in [2.05, 4.69) is 19.2 Å². The number of ether oxygens (including phenoxy) is 2. The van der Waals surface area contributed by atoms with Gasteiger partial charge in [0.15, 0.2) is 0 Å². The van der Waals surface area contributed by atoms with Crippen LogP contribution < -0.4 is 20.5 Å². The molecule has 1 aliphatic rings. The van der Waals surface area contributed by atoms with Gasteiger partial charge in [0.2, 0.25) is 0 Å². The highest BCUT2D eigenvalue weighted by molar-refractivity contribution is 7.85. The first-order chi connectivity index (χ1) is 14.6. The first kappa shape index (κ1) is 23.1. The molecule has 2 aromatic carbocycles. The van der Waals surface area contributed by atoms with Crippen molar-refractivity contribution in [3.63, 3.8) is 0 Å². The molecule has 8 nitrogen and oxygen atoms in total. The lowest BCUT2D eigenvalue weighted by atomic mass is 9.92. The molecule has 0 radical (unpaired) electrons. The third-order valence-corrected chi connectivity index (χ3v) is 5.91. The van der Waals surface area contributed by atoms with Crippen LogP contribution in [0.2, 0.25) is 0 Å². The van der Waals surface area contributed by atoms with Gasteiger partial charge in [-0.25, -0.2) is 4.79 Å². The van der Waals surface area contributed by atoms with E-state index in [1.807, 2.05) is 18.2 Å². The average molecular weight is 449 g/mol. The molecule has 4 N–H and O–H groups in total. The number of carbonyl (C=O) groups excluding carboxylic acids is 1. The maximum Gasteiger partial charge on any atom is 0.409 e. The molecule has 1 atom stereocenters. The highest BCUT2D eigenvalue weighted by atomic mass is 32.2. The molecular weight excluding hydrogens is 420 g/mol. The second kappa shape index (κ2) is 9.67. The van der Waals surface area contributed by atoms with Crippen LogP contribution in [0.15, 0.2) is 36.4 Å². The van der Waals surface area contributed by atoms with E-state index in [-0.39, 0.29) is 5.75 Å². The number of rotatable bonds is 8. The predicted molar refractivity (Wildman–Crippen MR) is 117 cm³/mol. The summed E-state index contributed by atoms with van der Waals surface area (Å²) in [5.41, 5.74) is 7.50. The number of nitrogens with two attached hydrogens (primary N) is 1. The zero-order valence-corrected chi connectivity index (χ0v) is 18.4. The van der Waals surface area contributed by atoms with Crippen LogP contribution in [-0.4, -0.2) is 31.4 Å². The number of primary amides is 1. The minimum absolute atomic E-state index is 0.177. The zero-order valence-electron chi connectivity index (χ0n) is 17.6. The molecule has 0 saturated heterocycles. The van der Waals surface area contributed by atoms with E-state index in [0.717, 1.165) is 24.1 Å². The van der Waals surface area contributed by atoms with Gasteiger partial charge in [0.1, 0.15) is 17.2 Å². The van der Waals surface area contributed by atoms with Crippen LogP contribution in [0, 0.1) is 5.92 Å². The Labute approximate surface area is 182 Å². The van der Waals surface area contributed by atoms with Crippen molar-refractivity contribution < 1.29 is 27.2 Å². The van der Waals surface area contributed by atoms with Gasteiger partial charge in [-0.15, -0.1) is 0 Å². The fourth-order valence-electron chi connectivity index (χ4n) is 3.64. The SMILES string of the molecule is CC(C)CCNCc1ccc2c(c1)CC(CS(=O)(=O)O)c1cc(OC(N)=O)ccc1O2. The van der Waals surface area contributed by atoms with Gasteiger partial charge < -0.3 is 20.5 Å². The van der Waals surface area contributed by atoms with Crippen LogP contribution in [0.25, 0.3) is 0 Å². The Morgan fingerprint density at radius 2 is 2.00 bits per heavy atom. The van der Waals surface area contributed by atoms with Gasteiger partial charge in [-0.2, -0.15) is 8.42 Å². The molecule has 2 aromatic rings. The summed E-state index contributed by atoms with van der Waals surface area (Å²) in [6.07, 6.45) is 0.441. The first-order valence-corrected chi connectivity index (χ1v) is 11.8. The Morgan fingerprint density at radius 3 is 2.68 bits per heavy atom. The molecular formula is C22H28N2O6S. The lowest BCUT2D eigenvalue weighted by Gasteiger charge is -2.16. The number of fused-ring (bicyclic) bond motifs is 2. The van der Waals surface area contributed by atoms with E-state index >= 15 is 0 Å². The predicted octanol–water partition coefficient (Wildman–Crippen LogP) is 3.60. The quantitative estimate of drug-likeness (QED) is 0.416. The van der Waals surface area contributed by atoms with Gasteiger partial charge in [0.25, 0.3) is 10.1 Å². The first-order valence-electron chi connectivity index (χ1n) is 10.2. The van der Waals surface area contributed by atoms with Crippen molar-refractivity contribution in [2.75, 3.05) is 12.3 Å². The van der Waals surface area contributed by atoms with E-state index < -0.39 is 27.9 Å². The molecule has 1 amide bonds. The summed E-state index contributed by atoms with van der Waals surface area (Å²) in [4.78, 5) is 11.1. The van der Waals surface area contributed by atoms with Crippen molar-refractivity contribution in [2.24, 2.45) is 11.7 Å². The largest absolute Gasteiger partial charge is 0.457 e. The summed E-state index contributed by atoms with van der Waals surface area (Å²) in [7, 11) is -4.26. The van der Waals surface area contributed by atoms with Gasteiger partial charge in [0, 0.05) is 18.0 Å². The maximum atomic E-state index is 11.7. The van der Waals surface area contributed by atoms with Crippen molar-refractivity contribution in [1.29, 1.82) is 0 Å². The van der Waals surface area contributed by atoms with E-state index in [0.29, 0.717) is 35.9 Å². The number of nitrogens with one attached hydrogen (secondary N) is 1. The Hall–Kier alpha value is -2.62. The molecule has 3 rings (SSSR count). The average Bonchev–Trinajstić information content (AvgIpc) is 2.79. The molecule has 0 saturated carbocycles. The highest BCUT2D eigenvalue weighted by Crippen LogP contribution is 2.41. The van der Waals surface area contributed by atoms with Crippen LogP contribution in [0.4, 0.5) is 4.79 Å². The maximum absolute atomic E-state index is 11.7. The summed E-state index contributed by atoms with van der Waals surface area (Å²) in [6, 6.07) is 10.5. The van der Waals surface area contributed by atoms with Crippen molar-refractivity contribution in [3.8, 4) is 17.2 Å². The van der Waals surface area contributed by atoms with Gasteiger partial charge in [-0.05, 0) is 60.7 Å². The Morgan fingerprint density at radius 1 is 1.26 bits per heavy atom. The normalized spacial score (nSPS) is 15.5. The minimum atomic E-state index is -4.26. The van der Waals surface area contributed by atoms with Crippen LogP contribution >= 0.6 is 0 Å². The minimum Gasteiger partial charge on any atom is -0.457 e. The molecule has 9 heteroatoms. The van der Waals surface area contributed by atoms with Crippen molar-refractivity contribution in [2.45, 2.75) is 39.2 Å². The summed E-state index contributed by atoms with van der Waals surface area (Å²) < 4.78 is 43.9. The number of carbonyl (C=O) groups is 1. The van der Waals surface area contributed by atoms with E-state index in [4.69, 9.17) is 15.2 Å². The molecule has 1 heterocycles. The standard InChI is InChI=1S/C22H28N2O6S/c1-14(2)7-8-24-12-15-3-5-20-16(9-15)10-17(13-31(26,27)28)19-11-18(29-22(23)25)4-6-21(19)30-20/h3-6,9,11,14,17,24H,7-8,10,12-13H2,1-2H3,(H2,23,25)(H,26,27,28). The van der Waals surface area contributed by atoms with Crippen molar-refractivity contribution in [3.05, 3.63) is 53.1 Å². The topological polar surface area (TPSA) is 128 Å². The third-order valence-electron chi connectivity index (χ3n) is 5.09. The van der Waals surface area contributed by atoms with Crippen LogP contribution in [0.5, 0.6) is 17.2 Å². The molecule has 1 aliphatic heterocycles. The van der Waals surface area contributed by atoms with Crippen molar-refractivity contribution in [1.82, 2.24) is 5.32 Å². The van der Waals surface area contributed by atoms with E-state index in [1.165, 1.54) is 12.1 Å². The third kappa shape index (κ3) is 6.68. The van der Waals surface area contributed by atoms with Crippen LogP contribution in [-0.2, 0) is 23.1 Å². The Balaban J connectivity index is 1.89. The fourth-order valence-corrected chi connectivity index (χ4v) is 4.45. The molecule has 31 heavy (non-hydrogen) atoms. The monoisotopic (exact) mass is 448 g/mol. The summed E-state index contributed by atoms with van der Waals surface area (Å²) in [5, 5.41) is 3.41. The number of benzene rings is 2. The van der Waals surface area contributed by atoms with Crippen LogP contribution in [0.3, 0.4) is 0 Å². The number of amides is 1. The van der Waals surface area contributed by atoms with Crippen LogP contribution in [0.1, 0.15) is 42.9 Å². The van der Waals surface area contributed by atoms with Gasteiger partial charge in [-0.3, -0.25) is 4.55 Å². The molecule has 0 spiro atoms.